The molecule has 3 aliphatic rings. The first kappa shape index (κ1) is 35.8. The van der Waals surface area contributed by atoms with E-state index in [0.717, 1.165) is 6.07 Å². The van der Waals surface area contributed by atoms with Gasteiger partial charge in [-0.25, -0.2) is 12.8 Å². The van der Waals surface area contributed by atoms with Gasteiger partial charge in [-0.2, -0.15) is 26.3 Å². The number of sulfone groups is 1. The molecule has 47 heavy (non-hydrogen) atoms. The third kappa shape index (κ3) is 5.53. The number of carboxylic acid groups (broad SMARTS) is 1. The number of benzene rings is 2. The second kappa shape index (κ2) is 12.1. The summed E-state index contributed by atoms with van der Waals surface area (Å²) in [4.78, 5) is 27.3. The van der Waals surface area contributed by atoms with Crippen LogP contribution in [0, 0.1) is 14.9 Å². The molecule has 7 nitrogen and oxygen atoms in total. The smallest absolute Gasteiger partial charge is 0.435 e. The summed E-state index contributed by atoms with van der Waals surface area (Å²) in [5, 5.41) is 9.50. The Balaban J connectivity index is 1.66. The molecule has 2 aromatic carbocycles. The molecule has 0 unspecified atom stereocenters. The summed E-state index contributed by atoms with van der Waals surface area (Å²) in [6.45, 7) is -0.175. The van der Waals surface area contributed by atoms with Gasteiger partial charge in [-0.1, -0.05) is 18.2 Å². The summed E-state index contributed by atoms with van der Waals surface area (Å²) in [6, 6.07) is 6.27. The Morgan fingerprint density at radius 1 is 0.957 bits per heavy atom. The predicted molar refractivity (Wildman–Crippen MR) is 162 cm³/mol. The molecule has 2 atom stereocenters. The molecule has 5 rings (SSSR count). The van der Waals surface area contributed by atoms with Gasteiger partial charge in [-0.3, -0.25) is 9.59 Å². The molecule has 1 N–H and O–H groups in total. The van der Waals surface area contributed by atoms with E-state index in [-0.39, 0.29) is 74.1 Å². The van der Waals surface area contributed by atoms with Crippen LogP contribution in [0.4, 0.5) is 30.7 Å². The van der Waals surface area contributed by atoms with Gasteiger partial charge >= 0.3 is 24.0 Å². The van der Waals surface area contributed by atoms with E-state index in [2.05, 4.69) is 0 Å². The number of carboxylic acids is 1. The zero-order chi connectivity index (χ0) is 34.8. The van der Waals surface area contributed by atoms with Gasteiger partial charge in [0.25, 0.3) is 0 Å². The van der Waals surface area contributed by atoms with Gasteiger partial charge in [0.2, 0.25) is 5.91 Å². The van der Waals surface area contributed by atoms with Crippen LogP contribution in [0.5, 0.6) is 0 Å². The van der Waals surface area contributed by atoms with Crippen molar-refractivity contribution in [2.45, 2.75) is 78.7 Å². The van der Waals surface area contributed by atoms with Gasteiger partial charge in [0.1, 0.15) is 4.75 Å². The molecule has 2 fully saturated rings. The maximum atomic E-state index is 15.1. The SMILES string of the molecule is COCC1(C(=O)N2CC[C@@]3(S(=O)(=O)c4ccc(I)cc4)c4ccc(C(F)(C(F)(F)F)C(F)(F)F)cc4CC[C@@H]23)CCC(C(=O)O)CC1. The lowest BCUT2D eigenvalue weighted by Gasteiger charge is -2.46. The zero-order valence-corrected chi connectivity index (χ0v) is 27.9. The van der Waals surface area contributed by atoms with Crippen LogP contribution in [0.25, 0.3) is 0 Å². The number of fused-ring (bicyclic) bond motifs is 3. The minimum Gasteiger partial charge on any atom is -0.481 e. The second-order valence-corrected chi connectivity index (χ2v) is 16.0. The average Bonchev–Trinajstić information content (AvgIpc) is 3.41. The monoisotopic (exact) mass is 805 g/mol. The molecule has 16 heteroatoms. The fraction of sp³-hybridized carbons (Fsp3) is 0.548. The van der Waals surface area contributed by atoms with E-state index >= 15 is 4.39 Å². The maximum Gasteiger partial charge on any atom is 0.435 e. The minimum atomic E-state index is -6.35. The lowest BCUT2D eigenvalue weighted by Crippen LogP contribution is -2.56. The van der Waals surface area contributed by atoms with Crippen LogP contribution in [0.15, 0.2) is 47.4 Å². The lowest BCUT2D eigenvalue weighted by atomic mass is 9.69. The quantitative estimate of drug-likeness (QED) is 0.247. The first-order valence-corrected chi connectivity index (χ1v) is 17.3. The minimum absolute atomic E-state index is 0.0638. The van der Waals surface area contributed by atoms with Crippen molar-refractivity contribution in [1.82, 2.24) is 4.90 Å². The van der Waals surface area contributed by atoms with Gasteiger partial charge < -0.3 is 14.7 Å². The van der Waals surface area contributed by atoms with Crippen LogP contribution >= 0.6 is 22.6 Å². The molecule has 2 aromatic rings. The number of aryl methyl sites for hydroxylation is 1. The summed E-state index contributed by atoms with van der Waals surface area (Å²) in [6.07, 6.45) is -12.6. The topological polar surface area (TPSA) is 101 Å². The van der Waals surface area contributed by atoms with E-state index in [1.807, 2.05) is 22.6 Å². The Labute approximate surface area is 279 Å². The molecule has 0 bridgehead atoms. The summed E-state index contributed by atoms with van der Waals surface area (Å²) in [5.41, 5.74) is -8.86. The standard InChI is InChI=1S/C31H31F7INO6S/c1-46-17-27(12-10-18(11-13-27)25(41)42)26(43)40-15-14-28(47(44,45)22-6-4-21(39)5-7-22)23-8-3-20(16-19(23)2-9-24(28)40)29(32,30(33,34)35)31(36,37)38/h3-8,16,18,24H,2,9-15,17H2,1H3,(H,41,42)/t18?,24-,27?,28-/m1/s1. The number of methoxy groups -OCH3 is 1. The van der Waals surface area contributed by atoms with E-state index in [1.165, 1.54) is 36.3 Å². The Morgan fingerprint density at radius 3 is 2.09 bits per heavy atom. The van der Waals surface area contributed by atoms with Gasteiger partial charge in [-0.15, -0.1) is 0 Å². The highest BCUT2D eigenvalue weighted by Gasteiger charge is 2.74. The third-order valence-electron chi connectivity index (χ3n) is 10.1. The predicted octanol–water partition coefficient (Wildman–Crippen LogP) is 6.70. The molecule has 1 saturated heterocycles. The highest BCUT2D eigenvalue weighted by molar-refractivity contribution is 14.1. The number of carbonyl (C=O) groups excluding carboxylic acids is 1. The van der Waals surface area contributed by atoms with Crippen LogP contribution in [-0.2, 0) is 41.0 Å². The molecule has 0 radical (unpaired) electrons. The van der Waals surface area contributed by atoms with Crippen molar-refractivity contribution >= 4 is 44.3 Å². The summed E-state index contributed by atoms with van der Waals surface area (Å²) in [5.74, 6) is -2.12. The van der Waals surface area contributed by atoms with Crippen LogP contribution in [0.1, 0.15) is 55.2 Å². The van der Waals surface area contributed by atoms with Gasteiger partial charge in [0, 0.05) is 22.8 Å². The molecular weight excluding hydrogens is 774 g/mol. The van der Waals surface area contributed by atoms with Crippen LogP contribution in [-0.4, -0.2) is 69.0 Å². The second-order valence-electron chi connectivity index (χ2n) is 12.5. The fourth-order valence-electron chi connectivity index (χ4n) is 7.72. The van der Waals surface area contributed by atoms with E-state index < -0.39 is 67.4 Å². The summed E-state index contributed by atoms with van der Waals surface area (Å²) < 4.78 is 130. The number of aliphatic carboxylic acids is 1. The number of nitrogens with zero attached hydrogens (tertiary/aromatic N) is 1. The van der Waals surface area contributed by atoms with Gasteiger partial charge in [0.15, 0.2) is 9.84 Å². The van der Waals surface area contributed by atoms with Crippen molar-refractivity contribution in [3.05, 3.63) is 62.7 Å². The molecular formula is C31H31F7INO6S. The molecule has 2 aliphatic carbocycles. The van der Waals surface area contributed by atoms with Crippen molar-refractivity contribution in [2.24, 2.45) is 11.3 Å². The summed E-state index contributed by atoms with van der Waals surface area (Å²) in [7, 11) is -3.11. The first-order chi connectivity index (χ1) is 21.8. The number of rotatable bonds is 7. The van der Waals surface area contributed by atoms with E-state index in [0.29, 0.717) is 15.7 Å². The number of alkyl halides is 7. The largest absolute Gasteiger partial charge is 0.481 e. The fourth-order valence-corrected chi connectivity index (χ4v) is 10.4. The van der Waals surface area contributed by atoms with E-state index in [1.54, 1.807) is 0 Å². The highest BCUT2D eigenvalue weighted by Crippen LogP contribution is 2.57. The Kier molecular flexibility index (Phi) is 9.25. The van der Waals surface area contributed by atoms with E-state index in [4.69, 9.17) is 4.74 Å². The zero-order valence-electron chi connectivity index (χ0n) is 24.9. The Bertz CT molecular complexity index is 1640. The number of carbonyl (C=O) groups is 2. The molecule has 0 spiro atoms. The highest BCUT2D eigenvalue weighted by atomic mass is 127. The van der Waals surface area contributed by atoms with Crippen LogP contribution < -0.4 is 0 Å². The molecule has 1 aliphatic heterocycles. The number of halogens is 8. The van der Waals surface area contributed by atoms with Crippen molar-refractivity contribution < 1.29 is 58.6 Å². The maximum absolute atomic E-state index is 15.1. The average molecular weight is 806 g/mol. The lowest BCUT2D eigenvalue weighted by molar-refractivity contribution is -0.348. The van der Waals surface area contributed by atoms with Crippen molar-refractivity contribution in [2.75, 3.05) is 20.3 Å². The van der Waals surface area contributed by atoms with Crippen LogP contribution in [0.3, 0.4) is 0 Å². The molecule has 0 aromatic heterocycles. The van der Waals surface area contributed by atoms with Crippen molar-refractivity contribution in [1.29, 1.82) is 0 Å². The Morgan fingerprint density at radius 2 is 1.55 bits per heavy atom. The van der Waals surface area contributed by atoms with Gasteiger partial charge in [0.05, 0.1) is 28.9 Å². The number of hydrogen-bond acceptors (Lipinski definition) is 5. The molecule has 1 heterocycles. The van der Waals surface area contributed by atoms with Crippen LogP contribution in [0.2, 0.25) is 0 Å². The number of ether oxygens (including phenoxy) is 1. The number of hydrogen-bond donors (Lipinski definition) is 1. The molecule has 1 saturated carbocycles. The molecule has 1 amide bonds. The van der Waals surface area contributed by atoms with Crippen molar-refractivity contribution in [3.63, 3.8) is 0 Å². The van der Waals surface area contributed by atoms with E-state index in [9.17, 15) is 49.5 Å². The molecule has 258 valence electrons. The third-order valence-corrected chi connectivity index (χ3v) is 13.4. The Hall–Kier alpha value is -2.47. The number of likely N-dealkylation sites (tertiary alicyclic amines) is 1. The van der Waals surface area contributed by atoms with Crippen molar-refractivity contribution in [3.8, 4) is 0 Å². The van der Waals surface area contributed by atoms with Gasteiger partial charge in [-0.05, 0) is 103 Å². The summed E-state index contributed by atoms with van der Waals surface area (Å²) >= 11 is 1.97. The normalized spacial score (nSPS) is 26.9. The first-order valence-electron chi connectivity index (χ1n) is 14.8. The number of amides is 1.